The molecule has 0 spiro atoms. The molecule has 4 aromatic heterocycles. The van der Waals surface area contributed by atoms with Crippen molar-refractivity contribution in [2.45, 2.75) is 0 Å². The van der Waals surface area contributed by atoms with Crippen molar-refractivity contribution in [3.05, 3.63) is 146 Å². The molecule has 5 heteroatoms. The standard InChI is InChI=1S/C40H24N4S/c1-5-16-33-28(12-1)29-13-2-6-17-34(29)43(33)26-11-9-10-25(22-26)38-40-39(42-24-41-38)32-23-27(20-21-37(32)45-40)44-35-18-7-3-14-30(35)31-15-4-8-19-36(31)44/h1-24H. The third-order valence-electron chi connectivity index (χ3n) is 9.03. The summed E-state index contributed by atoms with van der Waals surface area (Å²) in [7, 11) is 0. The highest BCUT2D eigenvalue weighted by atomic mass is 32.1. The van der Waals surface area contributed by atoms with Crippen molar-refractivity contribution in [3.63, 3.8) is 0 Å². The molecule has 10 aromatic rings. The van der Waals surface area contributed by atoms with Crippen LogP contribution in [0.3, 0.4) is 0 Å². The predicted molar refractivity (Wildman–Crippen MR) is 189 cm³/mol. The molecule has 4 nitrogen and oxygen atoms in total. The van der Waals surface area contributed by atoms with E-state index in [9.17, 15) is 0 Å². The summed E-state index contributed by atoms with van der Waals surface area (Å²) in [6.45, 7) is 0. The third kappa shape index (κ3) is 3.53. The highest BCUT2D eigenvalue weighted by molar-refractivity contribution is 7.26. The molecule has 45 heavy (non-hydrogen) atoms. The summed E-state index contributed by atoms with van der Waals surface area (Å²) >= 11 is 1.76. The van der Waals surface area contributed by atoms with Gasteiger partial charge in [-0.25, -0.2) is 9.97 Å². The Morgan fingerprint density at radius 2 is 0.978 bits per heavy atom. The minimum Gasteiger partial charge on any atom is -0.309 e. The summed E-state index contributed by atoms with van der Waals surface area (Å²) in [5, 5.41) is 6.18. The molecule has 0 atom stereocenters. The summed E-state index contributed by atoms with van der Waals surface area (Å²) in [5.74, 6) is 0. The van der Waals surface area contributed by atoms with Gasteiger partial charge in [0.05, 0.1) is 38.0 Å². The normalized spacial score (nSPS) is 12.0. The number of aromatic nitrogens is 4. The molecule has 0 aliphatic rings. The number of nitrogens with zero attached hydrogens (tertiary/aromatic N) is 4. The van der Waals surface area contributed by atoms with Crippen LogP contribution in [0.5, 0.6) is 0 Å². The highest BCUT2D eigenvalue weighted by Gasteiger charge is 2.17. The van der Waals surface area contributed by atoms with Gasteiger partial charge in [0, 0.05) is 48.6 Å². The van der Waals surface area contributed by atoms with Gasteiger partial charge in [0.25, 0.3) is 0 Å². The van der Waals surface area contributed by atoms with Crippen LogP contribution in [0.25, 0.3) is 86.5 Å². The van der Waals surface area contributed by atoms with Crippen molar-refractivity contribution < 1.29 is 0 Å². The van der Waals surface area contributed by atoms with E-state index in [0.29, 0.717) is 0 Å². The summed E-state index contributed by atoms with van der Waals surface area (Å²) in [4.78, 5) is 9.70. The molecule has 0 unspecified atom stereocenters. The van der Waals surface area contributed by atoms with Gasteiger partial charge in [-0.3, -0.25) is 0 Å². The van der Waals surface area contributed by atoms with Gasteiger partial charge in [0.15, 0.2) is 0 Å². The fraction of sp³-hybridized carbons (Fsp3) is 0. The van der Waals surface area contributed by atoms with Crippen molar-refractivity contribution in [2.24, 2.45) is 0 Å². The second-order valence-corrected chi connectivity index (χ2v) is 12.5. The molecule has 0 saturated carbocycles. The van der Waals surface area contributed by atoms with Gasteiger partial charge in [0.2, 0.25) is 0 Å². The van der Waals surface area contributed by atoms with Gasteiger partial charge in [-0.05, 0) is 54.6 Å². The summed E-state index contributed by atoms with van der Waals surface area (Å²) < 4.78 is 7.03. The summed E-state index contributed by atoms with van der Waals surface area (Å²) in [6, 6.07) is 50.0. The number of hydrogen-bond donors (Lipinski definition) is 0. The van der Waals surface area contributed by atoms with E-state index >= 15 is 0 Å². The maximum absolute atomic E-state index is 4.86. The van der Waals surface area contributed by atoms with E-state index < -0.39 is 0 Å². The molecule has 0 aliphatic carbocycles. The lowest BCUT2D eigenvalue weighted by Crippen LogP contribution is -1.95. The molecule has 0 bridgehead atoms. The molecule has 0 aliphatic heterocycles. The number of rotatable bonds is 3. The molecule has 4 heterocycles. The summed E-state index contributed by atoms with van der Waals surface area (Å²) in [5.41, 5.74) is 10.1. The van der Waals surface area contributed by atoms with Crippen molar-refractivity contribution in [1.29, 1.82) is 0 Å². The number of para-hydroxylation sites is 4. The third-order valence-corrected chi connectivity index (χ3v) is 10.2. The maximum atomic E-state index is 4.86. The van der Waals surface area contributed by atoms with E-state index in [-0.39, 0.29) is 0 Å². The molecule has 10 rings (SSSR count). The molecular formula is C40H24N4S. The predicted octanol–water partition coefficient (Wildman–Crippen LogP) is 10.7. The second-order valence-electron chi connectivity index (χ2n) is 11.5. The average molecular weight is 593 g/mol. The monoisotopic (exact) mass is 592 g/mol. The minimum atomic E-state index is 0.960. The van der Waals surface area contributed by atoms with Crippen LogP contribution in [0.4, 0.5) is 0 Å². The van der Waals surface area contributed by atoms with Gasteiger partial charge in [-0.1, -0.05) is 84.9 Å². The summed E-state index contributed by atoms with van der Waals surface area (Å²) in [6.07, 6.45) is 1.71. The van der Waals surface area contributed by atoms with E-state index in [1.54, 1.807) is 17.7 Å². The lowest BCUT2D eigenvalue weighted by atomic mass is 10.1. The smallest absolute Gasteiger partial charge is 0.116 e. The molecule has 0 amide bonds. The first-order valence-electron chi connectivity index (χ1n) is 15.1. The Labute approximate surface area is 262 Å². The first-order chi connectivity index (χ1) is 22.3. The van der Waals surface area contributed by atoms with Crippen LogP contribution in [0.15, 0.2) is 146 Å². The fourth-order valence-corrected chi connectivity index (χ4v) is 8.25. The molecule has 0 fully saturated rings. The van der Waals surface area contributed by atoms with Crippen molar-refractivity contribution in [2.75, 3.05) is 0 Å². The van der Waals surface area contributed by atoms with Gasteiger partial charge in [-0.15, -0.1) is 11.3 Å². The minimum absolute atomic E-state index is 0.960. The lowest BCUT2D eigenvalue weighted by Gasteiger charge is -2.10. The number of thiophene rings is 1. The van der Waals surface area contributed by atoms with Crippen molar-refractivity contribution >= 4 is 75.3 Å². The van der Waals surface area contributed by atoms with E-state index in [4.69, 9.17) is 9.97 Å². The highest BCUT2D eigenvalue weighted by Crippen LogP contribution is 2.41. The molecule has 0 radical (unpaired) electrons. The first kappa shape index (κ1) is 24.6. The van der Waals surface area contributed by atoms with Crippen LogP contribution in [0, 0.1) is 0 Å². The molecular weight excluding hydrogens is 569 g/mol. The fourth-order valence-electron chi connectivity index (χ4n) is 7.10. The van der Waals surface area contributed by atoms with Crippen LogP contribution in [0.2, 0.25) is 0 Å². The second kappa shape index (κ2) is 9.36. The Hall–Kier alpha value is -5.78. The van der Waals surface area contributed by atoms with E-state index in [1.165, 1.54) is 48.3 Å². The van der Waals surface area contributed by atoms with Crippen LogP contribution in [0.1, 0.15) is 0 Å². The molecule has 210 valence electrons. The number of fused-ring (bicyclic) bond motifs is 9. The van der Waals surface area contributed by atoms with Crippen molar-refractivity contribution in [3.8, 4) is 22.6 Å². The zero-order valence-electron chi connectivity index (χ0n) is 24.1. The van der Waals surface area contributed by atoms with E-state index in [0.717, 1.165) is 38.2 Å². The largest absolute Gasteiger partial charge is 0.309 e. The van der Waals surface area contributed by atoms with Crippen LogP contribution in [-0.2, 0) is 0 Å². The van der Waals surface area contributed by atoms with Gasteiger partial charge in [-0.2, -0.15) is 0 Å². The Bertz CT molecular complexity index is 2670. The molecule has 0 saturated heterocycles. The van der Waals surface area contributed by atoms with Gasteiger partial charge >= 0.3 is 0 Å². The van der Waals surface area contributed by atoms with Crippen LogP contribution >= 0.6 is 11.3 Å². The van der Waals surface area contributed by atoms with Gasteiger partial charge < -0.3 is 9.13 Å². The average Bonchev–Trinajstić information content (AvgIpc) is 3.76. The van der Waals surface area contributed by atoms with E-state index in [2.05, 4.69) is 149 Å². The Balaban J connectivity index is 1.17. The SMILES string of the molecule is c1cc(-c2ncnc3c2sc2ccc(-n4c5ccccc5c5ccccc54)cc23)cc(-n2c3ccccc3c3ccccc32)c1. The van der Waals surface area contributed by atoms with Gasteiger partial charge in [0.1, 0.15) is 6.33 Å². The Kier molecular flexibility index (Phi) is 5.12. The number of hydrogen-bond acceptors (Lipinski definition) is 3. The Morgan fingerprint density at radius 1 is 0.444 bits per heavy atom. The quantitative estimate of drug-likeness (QED) is 0.205. The zero-order chi connectivity index (χ0) is 29.5. The van der Waals surface area contributed by atoms with Crippen LogP contribution in [-0.4, -0.2) is 19.1 Å². The van der Waals surface area contributed by atoms with Crippen molar-refractivity contribution in [1.82, 2.24) is 19.1 Å². The topological polar surface area (TPSA) is 35.6 Å². The molecule has 6 aromatic carbocycles. The first-order valence-corrected chi connectivity index (χ1v) is 15.9. The van der Waals surface area contributed by atoms with E-state index in [1.807, 2.05) is 0 Å². The van der Waals surface area contributed by atoms with Crippen LogP contribution < -0.4 is 0 Å². The maximum Gasteiger partial charge on any atom is 0.116 e. The lowest BCUT2D eigenvalue weighted by molar-refractivity contribution is 1.18. The zero-order valence-corrected chi connectivity index (χ0v) is 24.9. The number of benzene rings is 6. The molecule has 0 N–H and O–H groups in total. The Morgan fingerprint density at radius 3 is 1.56 bits per heavy atom.